The highest BCUT2D eigenvalue weighted by atomic mass is 32.2. The van der Waals surface area contributed by atoms with Crippen LogP contribution in [0.1, 0.15) is 65.4 Å². The van der Waals surface area contributed by atoms with E-state index in [1.165, 1.54) is 0 Å². The van der Waals surface area contributed by atoms with E-state index in [2.05, 4.69) is 19.2 Å². The van der Waals surface area contributed by atoms with E-state index in [-0.39, 0.29) is 36.3 Å². The Morgan fingerprint density at radius 2 is 1.77 bits per heavy atom. The van der Waals surface area contributed by atoms with Gasteiger partial charge in [0.2, 0.25) is 5.91 Å². The molecule has 4 N–H and O–H groups in total. The van der Waals surface area contributed by atoms with Crippen LogP contribution in [0, 0.1) is 17.8 Å². The molecule has 1 rings (SSSR count). The summed E-state index contributed by atoms with van der Waals surface area (Å²) in [7, 11) is 0.111. The van der Waals surface area contributed by atoms with Crippen LogP contribution in [0.25, 0.3) is 0 Å². The summed E-state index contributed by atoms with van der Waals surface area (Å²) in [5.74, 6) is 1.21. The molecule has 0 radical (unpaired) electrons. The van der Waals surface area contributed by atoms with Gasteiger partial charge >= 0.3 is 0 Å². The molecule has 0 heterocycles. The first-order chi connectivity index (χ1) is 18.4. The SMILES string of the molecule is CCCCS(=O)(=O)CCNC(=O)[C@H](C)C[C@H](O)[C@@H](N)C[C@H](Cc1ccc(OC)c(OCCCOC)c1)C(C)C. The molecular formula is C29H52N2O7S. The minimum absolute atomic E-state index is 0.0745. The first-order valence-electron chi connectivity index (χ1n) is 14.1. The predicted molar refractivity (Wildman–Crippen MR) is 156 cm³/mol. The van der Waals surface area contributed by atoms with E-state index in [1.807, 2.05) is 25.1 Å². The minimum Gasteiger partial charge on any atom is -0.493 e. The summed E-state index contributed by atoms with van der Waals surface area (Å²) in [5.41, 5.74) is 7.51. The molecule has 0 aliphatic rings. The zero-order chi connectivity index (χ0) is 29.4. The van der Waals surface area contributed by atoms with E-state index >= 15 is 0 Å². The van der Waals surface area contributed by atoms with Crippen LogP contribution in [0.15, 0.2) is 18.2 Å². The Kier molecular flexibility index (Phi) is 16.6. The molecule has 1 amide bonds. The fourth-order valence-corrected chi connectivity index (χ4v) is 5.71. The van der Waals surface area contributed by atoms with Gasteiger partial charge in [0, 0.05) is 38.6 Å². The highest BCUT2D eigenvalue weighted by Gasteiger charge is 2.26. The summed E-state index contributed by atoms with van der Waals surface area (Å²) in [6.45, 7) is 9.17. The predicted octanol–water partition coefficient (Wildman–Crippen LogP) is 3.36. The third-order valence-corrected chi connectivity index (χ3v) is 8.79. The van der Waals surface area contributed by atoms with Gasteiger partial charge in [-0.2, -0.15) is 0 Å². The van der Waals surface area contributed by atoms with Gasteiger partial charge < -0.3 is 30.4 Å². The van der Waals surface area contributed by atoms with E-state index in [9.17, 15) is 18.3 Å². The number of sulfone groups is 1. The zero-order valence-electron chi connectivity index (χ0n) is 24.8. The molecule has 4 atom stereocenters. The number of ether oxygens (including phenoxy) is 3. The maximum Gasteiger partial charge on any atom is 0.222 e. The number of carbonyl (C=O) groups excluding carboxylic acids is 1. The molecule has 39 heavy (non-hydrogen) atoms. The van der Waals surface area contributed by atoms with Crippen molar-refractivity contribution in [3.8, 4) is 11.5 Å². The molecule has 0 bridgehead atoms. The number of hydrogen-bond donors (Lipinski definition) is 3. The van der Waals surface area contributed by atoms with Crippen LogP contribution in [0.4, 0.5) is 0 Å². The Labute approximate surface area is 236 Å². The Bertz CT molecular complexity index is 940. The number of benzene rings is 1. The number of methoxy groups -OCH3 is 2. The molecule has 0 saturated heterocycles. The summed E-state index contributed by atoms with van der Waals surface area (Å²) in [4.78, 5) is 12.5. The first-order valence-corrected chi connectivity index (χ1v) is 16.0. The van der Waals surface area contributed by atoms with Crippen LogP contribution >= 0.6 is 0 Å². The summed E-state index contributed by atoms with van der Waals surface area (Å²) in [6, 6.07) is 5.43. The van der Waals surface area contributed by atoms with Gasteiger partial charge in [0.05, 0.1) is 31.3 Å². The maximum absolute atomic E-state index is 12.5. The van der Waals surface area contributed by atoms with Gasteiger partial charge in [0.1, 0.15) is 0 Å². The lowest BCUT2D eigenvalue weighted by Gasteiger charge is -2.28. The fourth-order valence-electron chi connectivity index (χ4n) is 4.36. The second kappa shape index (κ2) is 18.5. The minimum atomic E-state index is -3.17. The Morgan fingerprint density at radius 3 is 2.38 bits per heavy atom. The summed E-state index contributed by atoms with van der Waals surface area (Å²) in [6.07, 6.45) is 2.93. The third kappa shape index (κ3) is 13.8. The summed E-state index contributed by atoms with van der Waals surface area (Å²) in [5, 5.41) is 13.5. The molecule has 0 spiro atoms. The number of aliphatic hydroxyl groups excluding tert-OH is 1. The molecule has 10 heteroatoms. The van der Waals surface area contributed by atoms with Crippen molar-refractivity contribution in [2.75, 3.05) is 45.5 Å². The molecule has 226 valence electrons. The molecule has 0 unspecified atom stereocenters. The largest absolute Gasteiger partial charge is 0.493 e. The smallest absolute Gasteiger partial charge is 0.222 e. The molecule has 0 aromatic heterocycles. The zero-order valence-corrected chi connectivity index (χ0v) is 25.6. The molecule has 1 aromatic carbocycles. The van der Waals surface area contributed by atoms with Gasteiger partial charge in [-0.25, -0.2) is 8.42 Å². The number of nitrogens with two attached hydrogens (primary N) is 1. The highest BCUT2D eigenvalue weighted by molar-refractivity contribution is 7.91. The van der Waals surface area contributed by atoms with Crippen molar-refractivity contribution in [2.24, 2.45) is 23.5 Å². The van der Waals surface area contributed by atoms with E-state index in [1.54, 1.807) is 21.1 Å². The number of amides is 1. The number of rotatable bonds is 21. The lowest BCUT2D eigenvalue weighted by Crippen LogP contribution is -2.41. The fraction of sp³-hybridized carbons (Fsp3) is 0.759. The molecule has 0 aliphatic heterocycles. The van der Waals surface area contributed by atoms with Crippen LogP contribution in [0.3, 0.4) is 0 Å². The number of aliphatic hydroxyl groups is 1. The van der Waals surface area contributed by atoms with E-state index in [0.717, 1.165) is 24.8 Å². The highest BCUT2D eigenvalue weighted by Crippen LogP contribution is 2.31. The topological polar surface area (TPSA) is 137 Å². The van der Waals surface area contributed by atoms with Crippen molar-refractivity contribution < 1.29 is 32.5 Å². The van der Waals surface area contributed by atoms with Crippen molar-refractivity contribution >= 4 is 15.7 Å². The van der Waals surface area contributed by atoms with Crippen molar-refractivity contribution in [2.45, 2.75) is 78.4 Å². The normalized spacial score (nSPS) is 15.0. The van der Waals surface area contributed by atoms with Crippen molar-refractivity contribution in [1.82, 2.24) is 5.32 Å². The second-order valence-electron chi connectivity index (χ2n) is 10.8. The average molecular weight is 573 g/mol. The van der Waals surface area contributed by atoms with E-state index < -0.39 is 27.9 Å². The van der Waals surface area contributed by atoms with Gasteiger partial charge in [-0.15, -0.1) is 0 Å². The monoisotopic (exact) mass is 572 g/mol. The average Bonchev–Trinajstić information content (AvgIpc) is 2.89. The molecule has 9 nitrogen and oxygen atoms in total. The number of carbonyl (C=O) groups is 1. The Hall–Kier alpha value is -1.88. The Morgan fingerprint density at radius 1 is 1.05 bits per heavy atom. The first kappa shape index (κ1) is 35.1. The van der Waals surface area contributed by atoms with Crippen LogP contribution in [0.5, 0.6) is 11.5 Å². The number of nitrogens with one attached hydrogen (secondary N) is 1. The standard InChI is InChI=1S/C29H52N2O7S/c1-7-8-15-39(34,35)16-12-31-29(33)22(4)17-26(32)25(30)20-24(21(2)3)18-23-10-11-27(37-6)28(19-23)38-14-9-13-36-5/h10-11,19,21-22,24-26,32H,7-9,12-18,20,30H2,1-6H3,(H,31,33)/t22-,24+,25+,26+/m1/s1. The number of unbranched alkanes of at least 4 members (excludes halogenated alkanes) is 1. The van der Waals surface area contributed by atoms with Crippen molar-refractivity contribution in [3.05, 3.63) is 23.8 Å². The molecule has 1 aromatic rings. The third-order valence-electron chi connectivity index (χ3n) is 7.05. The molecular weight excluding hydrogens is 520 g/mol. The van der Waals surface area contributed by atoms with Crippen LogP contribution in [0.2, 0.25) is 0 Å². The Balaban J connectivity index is 2.67. The van der Waals surface area contributed by atoms with Gasteiger partial charge in [-0.3, -0.25) is 4.79 Å². The van der Waals surface area contributed by atoms with E-state index in [0.29, 0.717) is 43.5 Å². The summed E-state index contributed by atoms with van der Waals surface area (Å²) < 4.78 is 40.4. The molecule has 0 aliphatic carbocycles. The number of hydrogen-bond acceptors (Lipinski definition) is 8. The van der Waals surface area contributed by atoms with Crippen molar-refractivity contribution in [3.63, 3.8) is 0 Å². The van der Waals surface area contributed by atoms with Crippen LogP contribution in [-0.4, -0.2) is 77.1 Å². The van der Waals surface area contributed by atoms with E-state index in [4.69, 9.17) is 19.9 Å². The quantitative estimate of drug-likeness (QED) is 0.191. The maximum atomic E-state index is 12.5. The second-order valence-corrected chi connectivity index (χ2v) is 13.1. The molecule has 0 saturated carbocycles. The van der Waals surface area contributed by atoms with Gasteiger partial charge in [-0.1, -0.05) is 40.2 Å². The van der Waals surface area contributed by atoms with Crippen LogP contribution < -0.4 is 20.5 Å². The summed E-state index contributed by atoms with van der Waals surface area (Å²) >= 11 is 0. The van der Waals surface area contributed by atoms with Gasteiger partial charge in [-0.05, 0) is 55.2 Å². The lowest BCUT2D eigenvalue weighted by atomic mass is 9.82. The lowest BCUT2D eigenvalue weighted by molar-refractivity contribution is -0.125. The molecule has 0 fully saturated rings. The van der Waals surface area contributed by atoms with Gasteiger partial charge in [0.15, 0.2) is 21.3 Å². The van der Waals surface area contributed by atoms with Crippen LogP contribution in [-0.2, 0) is 25.8 Å². The van der Waals surface area contributed by atoms with Crippen molar-refractivity contribution in [1.29, 1.82) is 0 Å². The van der Waals surface area contributed by atoms with Gasteiger partial charge in [0.25, 0.3) is 0 Å².